The molecule has 0 aliphatic carbocycles. The fourth-order valence-corrected chi connectivity index (χ4v) is 2.70. The Morgan fingerprint density at radius 1 is 1.44 bits per heavy atom. The highest BCUT2D eigenvalue weighted by molar-refractivity contribution is 9.09. The van der Waals surface area contributed by atoms with Gasteiger partial charge in [-0.1, -0.05) is 15.9 Å². The van der Waals surface area contributed by atoms with Crippen LogP contribution in [0.4, 0.5) is 19.0 Å². The van der Waals surface area contributed by atoms with E-state index in [1.807, 2.05) is 4.90 Å². The van der Waals surface area contributed by atoms with E-state index in [1.54, 1.807) is 0 Å². The maximum Gasteiger partial charge on any atom is 0.416 e. The van der Waals surface area contributed by atoms with Gasteiger partial charge in [-0.25, -0.2) is 4.98 Å². The summed E-state index contributed by atoms with van der Waals surface area (Å²) in [4.78, 5) is 5.99. The topological polar surface area (TPSA) is 16.1 Å². The van der Waals surface area contributed by atoms with Crippen molar-refractivity contribution in [3.63, 3.8) is 0 Å². The van der Waals surface area contributed by atoms with Crippen molar-refractivity contribution in [3.8, 4) is 0 Å². The Kier molecular flexibility index (Phi) is 4.14. The van der Waals surface area contributed by atoms with Crippen molar-refractivity contribution < 1.29 is 13.2 Å². The summed E-state index contributed by atoms with van der Waals surface area (Å²) >= 11 is 3.43. The quantitative estimate of drug-likeness (QED) is 0.772. The molecular formula is C12H14BrF3N2. The third kappa shape index (κ3) is 3.16. The van der Waals surface area contributed by atoms with Crippen LogP contribution in [-0.4, -0.2) is 23.4 Å². The molecule has 0 spiro atoms. The molecule has 0 saturated carbocycles. The third-order valence-corrected chi connectivity index (χ3v) is 4.05. The number of halogens is 4. The van der Waals surface area contributed by atoms with Crippen molar-refractivity contribution in [2.24, 2.45) is 5.92 Å². The summed E-state index contributed by atoms with van der Waals surface area (Å²) in [5.74, 6) is 0.908. The molecule has 18 heavy (non-hydrogen) atoms. The predicted molar refractivity (Wildman–Crippen MR) is 68.0 cm³/mol. The first-order valence-corrected chi connectivity index (χ1v) is 6.97. The zero-order chi connectivity index (χ0) is 13.2. The van der Waals surface area contributed by atoms with Crippen molar-refractivity contribution in [1.29, 1.82) is 0 Å². The van der Waals surface area contributed by atoms with Crippen LogP contribution in [0, 0.1) is 5.92 Å². The van der Waals surface area contributed by atoms with Gasteiger partial charge in [-0.2, -0.15) is 13.2 Å². The molecule has 0 amide bonds. The summed E-state index contributed by atoms with van der Waals surface area (Å²) in [6.07, 6.45) is -0.965. The summed E-state index contributed by atoms with van der Waals surface area (Å²) in [7, 11) is 0. The number of alkyl halides is 4. The minimum Gasteiger partial charge on any atom is -0.356 e. The smallest absolute Gasteiger partial charge is 0.356 e. The van der Waals surface area contributed by atoms with Crippen LogP contribution in [0.3, 0.4) is 0 Å². The Balaban J connectivity index is 2.18. The molecule has 6 heteroatoms. The number of hydrogen-bond donors (Lipinski definition) is 0. The van der Waals surface area contributed by atoms with Crippen molar-refractivity contribution >= 4 is 21.7 Å². The van der Waals surface area contributed by atoms with E-state index in [9.17, 15) is 13.2 Å². The molecule has 1 aliphatic heterocycles. The van der Waals surface area contributed by atoms with Crippen molar-refractivity contribution in [3.05, 3.63) is 23.9 Å². The van der Waals surface area contributed by atoms with E-state index in [-0.39, 0.29) is 0 Å². The highest BCUT2D eigenvalue weighted by Gasteiger charge is 2.31. The van der Waals surface area contributed by atoms with Crippen LogP contribution in [0.1, 0.15) is 18.4 Å². The number of hydrogen-bond acceptors (Lipinski definition) is 2. The molecule has 0 aromatic carbocycles. The Hall–Kier alpha value is -0.780. The SMILES string of the molecule is FC(F)(F)c1ccnc(N2CCCC(CBr)C2)c1. The van der Waals surface area contributed by atoms with Gasteiger partial charge in [-0.15, -0.1) is 0 Å². The van der Waals surface area contributed by atoms with E-state index in [0.717, 1.165) is 43.4 Å². The van der Waals surface area contributed by atoms with Crippen LogP contribution in [0.2, 0.25) is 0 Å². The van der Waals surface area contributed by atoms with E-state index in [4.69, 9.17) is 0 Å². The number of pyridine rings is 1. The summed E-state index contributed by atoms with van der Waals surface area (Å²) < 4.78 is 37.9. The standard InChI is InChI=1S/C12H14BrF3N2/c13-7-9-2-1-5-18(8-9)11-6-10(3-4-17-11)12(14,15)16/h3-4,6,9H,1-2,5,7-8H2. The van der Waals surface area contributed by atoms with E-state index >= 15 is 0 Å². The van der Waals surface area contributed by atoms with E-state index in [0.29, 0.717) is 11.7 Å². The lowest BCUT2D eigenvalue weighted by Crippen LogP contribution is -2.36. The number of piperidine rings is 1. The number of rotatable bonds is 2. The van der Waals surface area contributed by atoms with Gasteiger partial charge in [-0.05, 0) is 30.9 Å². The van der Waals surface area contributed by atoms with E-state index in [2.05, 4.69) is 20.9 Å². The Bertz CT molecular complexity index is 409. The summed E-state index contributed by atoms with van der Waals surface area (Å²) in [6.45, 7) is 1.54. The molecule has 1 aliphatic rings. The predicted octanol–water partition coefficient (Wildman–Crippen LogP) is 3.71. The minimum atomic E-state index is -4.30. The molecule has 2 heterocycles. The van der Waals surface area contributed by atoms with Gasteiger partial charge < -0.3 is 4.90 Å². The monoisotopic (exact) mass is 322 g/mol. The van der Waals surface area contributed by atoms with Crippen LogP contribution in [0.5, 0.6) is 0 Å². The van der Waals surface area contributed by atoms with Crippen LogP contribution in [0.25, 0.3) is 0 Å². The van der Waals surface area contributed by atoms with Crippen LogP contribution in [0.15, 0.2) is 18.3 Å². The minimum absolute atomic E-state index is 0.426. The van der Waals surface area contributed by atoms with Gasteiger partial charge in [-0.3, -0.25) is 0 Å². The van der Waals surface area contributed by atoms with Gasteiger partial charge in [0.15, 0.2) is 0 Å². The first-order valence-electron chi connectivity index (χ1n) is 5.85. The van der Waals surface area contributed by atoms with Gasteiger partial charge in [0, 0.05) is 24.6 Å². The lowest BCUT2D eigenvalue weighted by atomic mass is 10.0. The molecule has 1 atom stereocenters. The second-order valence-corrected chi connectivity index (χ2v) is 5.16. The highest BCUT2D eigenvalue weighted by Crippen LogP contribution is 2.31. The molecular weight excluding hydrogens is 309 g/mol. The normalized spacial score (nSPS) is 21.1. The molecule has 1 fully saturated rings. The van der Waals surface area contributed by atoms with Gasteiger partial charge >= 0.3 is 6.18 Å². The molecule has 100 valence electrons. The second kappa shape index (κ2) is 5.47. The first-order chi connectivity index (χ1) is 8.50. The lowest BCUT2D eigenvalue weighted by Gasteiger charge is -2.33. The molecule has 1 saturated heterocycles. The van der Waals surface area contributed by atoms with Crippen LogP contribution < -0.4 is 4.90 Å². The molecule has 0 radical (unpaired) electrons. The average Bonchev–Trinajstić information content (AvgIpc) is 2.38. The van der Waals surface area contributed by atoms with Gasteiger partial charge in [0.25, 0.3) is 0 Å². The molecule has 1 aromatic heterocycles. The Morgan fingerprint density at radius 3 is 2.89 bits per heavy atom. The zero-order valence-corrected chi connectivity index (χ0v) is 11.3. The van der Waals surface area contributed by atoms with Crippen LogP contribution in [-0.2, 0) is 6.18 Å². The van der Waals surface area contributed by atoms with E-state index in [1.165, 1.54) is 6.20 Å². The summed E-state index contributed by atoms with van der Waals surface area (Å²) in [5, 5.41) is 0.877. The van der Waals surface area contributed by atoms with Crippen LogP contribution >= 0.6 is 15.9 Å². The largest absolute Gasteiger partial charge is 0.416 e. The van der Waals surface area contributed by atoms with Crippen molar-refractivity contribution in [1.82, 2.24) is 4.98 Å². The maximum atomic E-state index is 12.6. The molecule has 2 rings (SSSR count). The second-order valence-electron chi connectivity index (χ2n) is 4.51. The van der Waals surface area contributed by atoms with Gasteiger partial charge in [0.1, 0.15) is 5.82 Å². The third-order valence-electron chi connectivity index (χ3n) is 3.13. The maximum absolute atomic E-state index is 12.6. The molecule has 1 aromatic rings. The average molecular weight is 323 g/mol. The summed E-state index contributed by atoms with van der Waals surface area (Å²) in [5.41, 5.74) is -0.631. The molecule has 0 bridgehead atoms. The summed E-state index contributed by atoms with van der Waals surface area (Å²) in [6, 6.07) is 2.14. The fraction of sp³-hybridized carbons (Fsp3) is 0.583. The Labute approximate surface area is 112 Å². The lowest BCUT2D eigenvalue weighted by molar-refractivity contribution is -0.137. The molecule has 1 unspecified atom stereocenters. The Morgan fingerprint density at radius 2 is 2.22 bits per heavy atom. The zero-order valence-electron chi connectivity index (χ0n) is 9.75. The number of anilines is 1. The van der Waals surface area contributed by atoms with E-state index < -0.39 is 11.7 Å². The number of aromatic nitrogens is 1. The number of nitrogens with zero attached hydrogens (tertiary/aromatic N) is 2. The highest BCUT2D eigenvalue weighted by atomic mass is 79.9. The van der Waals surface area contributed by atoms with Crippen molar-refractivity contribution in [2.75, 3.05) is 23.3 Å². The molecule has 2 nitrogen and oxygen atoms in total. The fourth-order valence-electron chi connectivity index (χ4n) is 2.17. The molecule has 0 N–H and O–H groups in total. The first kappa shape index (κ1) is 13.6. The van der Waals surface area contributed by atoms with Gasteiger partial charge in [0.05, 0.1) is 5.56 Å². The van der Waals surface area contributed by atoms with Gasteiger partial charge in [0.2, 0.25) is 0 Å². The van der Waals surface area contributed by atoms with Crippen molar-refractivity contribution in [2.45, 2.75) is 19.0 Å².